The summed E-state index contributed by atoms with van der Waals surface area (Å²) in [7, 11) is 0. The maximum atomic E-state index is 5.44. The fraction of sp³-hybridized carbons (Fsp3) is 0.200. The van der Waals surface area contributed by atoms with Gasteiger partial charge in [0.1, 0.15) is 0 Å². The highest BCUT2D eigenvalue weighted by Gasteiger charge is 2.13. The molecule has 1 aromatic heterocycles. The number of hydrogen-bond donors (Lipinski definition) is 0. The average Bonchev–Trinajstić information content (AvgIpc) is 3.27. The maximum absolute atomic E-state index is 5.44. The van der Waals surface area contributed by atoms with Crippen LogP contribution in [-0.2, 0) is 0 Å². The van der Waals surface area contributed by atoms with Gasteiger partial charge in [0, 0.05) is 17.5 Å². The van der Waals surface area contributed by atoms with Gasteiger partial charge in [-0.2, -0.15) is 5.10 Å². The molecule has 0 atom stereocenters. The molecule has 4 rings (SSSR count). The Morgan fingerprint density at radius 3 is 2.73 bits per heavy atom. The molecule has 0 saturated heterocycles. The van der Waals surface area contributed by atoms with Crippen LogP contribution in [0.15, 0.2) is 57.9 Å². The highest BCUT2D eigenvalue weighted by atomic mass is 32.1. The Labute approximate surface area is 155 Å². The number of nitrogens with zero attached hydrogens (tertiary/aromatic N) is 3. The third-order valence-electron chi connectivity index (χ3n) is 4.04. The van der Waals surface area contributed by atoms with E-state index >= 15 is 0 Å². The predicted octanol–water partition coefficient (Wildman–Crippen LogP) is 4.06. The number of aromatic nitrogens is 1. The van der Waals surface area contributed by atoms with Gasteiger partial charge in [0.25, 0.3) is 0 Å². The monoisotopic (exact) mass is 365 g/mol. The van der Waals surface area contributed by atoms with Crippen molar-refractivity contribution in [1.82, 2.24) is 4.68 Å². The summed E-state index contributed by atoms with van der Waals surface area (Å²) in [6.07, 6.45) is 1.82. The zero-order valence-corrected chi connectivity index (χ0v) is 15.5. The van der Waals surface area contributed by atoms with Crippen molar-refractivity contribution in [3.8, 4) is 22.8 Å². The van der Waals surface area contributed by atoms with Gasteiger partial charge in [-0.15, -0.1) is 11.3 Å². The van der Waals surface area contributed by atoms with Crippen LogP contribution in [0.5, 0.6) is 11.5 Å². The van der Waals surface area contributed by atoms with Gasteiger partial charge < -0.3 is 9.47 Å². The smallest absolute Gasteiger partial charge is 0.231 e. The highest BCUT2D eigenvalue weighted by Crippen LogP contribution is 2.32. The zero-order chi connectivity index (χ0) is 17.9. The molecular weight excluding hydrogens is 346 g/mol. The summed E-state index contributed by atoms with van der Waals surface area (Å²) in [6.45, 7) is 5.10. The van der Waals surface area contributed by atoms with Gasteiger partial charge in [-0.3, -0.25) is 4.99 Å². The van der Waals surface area contributed by atoms with E-state index in [2.05, 4.69) is 41.6 Å². The highest BCUT2D eigenvalue weighted by molar-refractivity contribution is 7.07. The minimum Gasteiger partial charge on any atom is -0.454 e. The van der Waals surface area contributed by atoms with Gasteiger partial charge in [-0.25, -0.2) is 4.68 Å². The van der Waals surface area contributed by atoms with Crippen molar-refractivity contribution in [2.75, 3.05) is 13.3 Å². The summed E-state index contributed by atoms with van der Waals surface area (Å²) in [6, 6.07) is 14.2. The first kappa shape index (κ1) is 16.6. The Balaban J connectivity index is 1.73. The van der Waals surface area contributed by atoms with E-state index < -0.39 is 0 Å². The summed E-state index contributed by atoms with van der Waals surface area (Å²) < 4.78 is 12.7. The van der Waals surface area contributed by atoms with E-state index in [1.165, 1.54) is 5.56 Å². The first-order valence-electron chi connectivity index (χ1n) is 8.46. The number of hydrogen-bond acceptors (Lipinski definition) is 5. The molecule has 0 aliphatic carbocycles. The normalized spacial score (nSPS) is 13.7. The standard InChI is InChI=1S/C20H19N3O2S/c1-3-21-20-23(17(12-26-20)16-7-4-14(2)5-8-16)22-11-15-6-9-18-19(10-15)25-13-24-18/h4-12H,3,13H2,1-2H3/b21-20?,22-11+. The Morgan fingerprint density at radius 1 is 1.12 bits per heavy atom. The predicted molar refractivity (Wildman–Crippen MR) is 104 cm³/mol. The Bertz CT molecular complexity index is 1020. The number of ether oxygens (including phenoxy) is 2. The zero-order valence-electron chi connectivity index (χ0n) is 14.7. The second kappa shape index (κ2) is 7.17. The van der Waals surface area contributed by atoms with Crippen molar-refractivity contribution >= 4 is 17.6 Å². The molecular formula is C20H19N3O2S. The summed E-state index contributed by atoms with van der Waals surface area (Å²) >= 11 is 1.59. The van der Waals surface area contributed by atoms with Crippen LogP contribution >= 0.6 is 11.3 Å². The fourth-order valence-corrected chi connectivity index (χ4v) is 3.60. The Hall–Kier alpha value is -2.86. The lowest BCUT2D eigenvalue weighted by molar-refractivity contribution is 0.174. The van der Waals surface area contributed by atoms with Gasteiger partial charge in [-0.1, -0.05) is 29.8 Å². The van der Waals surface area contributed by atoms with Crippen LogP contribution in [0.3, 0.4) is 0 Å². The first-order chi connectivity index (χ1) is 12.7. The Morgan fingerprint density at radius 2 is 1.92 bits per heavy atom. The molecule has 3 aromatic rings. The van der Waals surface area contributed by atoms with E-state index in [9.17, 15) is 0 Å². The summed E-state index contributed by atoms with van der Waals surface area (Å²) in [4.78, 5) is 5.44. The minimum absolute atomic E-state index is 0.270. The largest absolute Gasteiger partial charge is 0.454 e. The van der Waals surface area contributed by atoms with E-state index in [1.54, 1.807) is 11.3 Å². The van der Waals surface area contributed by atoms with Crippen molar-refractivity contribution in [2.45, 2.75) is 13.8 Å². The molecule has 1 aliphatic rings. The molecule has 0 spiro atoms. The third kappa shape index (κ3) is 3.28. The van der Waals surface area contributed by atoms with E-state index in [0.29, 0.717) is 6.54 Å². The number of thiazole rings is 1. The van der Waals surface area contributed by atoms with Crippen molar-refractivity contribution < 1.29 is 9.47 Å². The van der Waals surface area contributed by atoms with Crippen molar-refractivity contribution in [3.05, 3.63) is 63.8 Å². The number of benzene rings is 2. The second-order valence-electron chi connectivity index (χ2n) is 5.91. The van der Waals surface area contributed by atoms with Crippen LogP contribution in [0.1, 0.15) is 18.1 Å². The molecule has 0 fully saturated rings. The molecule has 1 aliphatic heterocycles. The topological polar surface area (TPSA) is 48.1 Å². The van der Waals surface area contributed by atoms with Crippen molar-refractivity contribution in [1.29, 1.82) is 0 Å². The van der Waals surface area contributed by atoms with E-state index in [-0.39, 0.29) is 6.79 Å². The molecule has 0 N–H and O–H groups in total. The van der Waals surface area contributed by atoms with Gasteiger partial charge in [0.15, 0.2) is 11.5 Å². The lowest BCUT2D eigenvalue weighted by atomic mass is 10.1. The van der Waals surface area contributed by atoms with E-state index in [4.69, 9.17) is 14.6 Å². The van der Waals surface area contributed by atoms with Crippen LogP contribution in [-0.4, -0.2) is 24.2 Å². The molecule has 0 saturated carbocycles. The lowest BCUT2D eigenvalue weighted by Crippen LogP contribution is -2.12. The maximum Gasteiger partial charge on any atom is 0.231 e. The lowest BCUT2D eigenvalue weighted by Gasteiger charge is -2.04. The molecule has 2 aromatic carbocycles. The van der Waals surface area contributed by atoms with Crippen molar-refractivity contribution in [3.63, 3.8) is 0 Å². The minimum atomic E-state index is 0.270. The van der Waals surface area contributed by atoms with Gasteiger partial charge in [0.05, 0.1) is 11.9 Å². The Kier molecular flexibility index (Phi) is 4.58. The number of rotatable bonds is 4. The molecule has 0 bridgehead atoms. The number of aryl methyl sites for hydroxylation is 1. The first-order valence-corrected chi connectivity index (χ1v) is 9.34. The molecule has 0 unspecified atom stereocenters. The number of fused-ring (bicyclic) bond motifs is 1. The van der Waals surface area contributed by atoms with Gasteiger partial charge in [-0.05, 0) is 37.6 Å². The molecule has 26 heavy (non-hydrogen) atoms. The van der Waals surface area contributed by atoms with Crippen LogP contribution < -0.4 is 14.3 Å². The van der Waals surface area contributed by atoms with Crippen LogP contribution in [0.2, 0.25) is 0 Å². The molecule has 0 amide bonds. The second-order valence-corrected chi connectivity index (χ2v) is 6.75. The third-order valence-corrected chi connectivity index (χ3v) is 4.90. The molecule has 0 radical (unpaired) electrons. The van der Waals surface area contributed by atoms with E-state index in [1.807, 2.05) is 36.0 Å². The summed E-state index contributed by atoms with van der Waals surface area (Å²) in [5.41, 5.74) is 4.33. The fourth-order valence-electron chi connectivity index (χ4n) is 2.69. The van der Waals surface area contributed by atoms with Gasteiger partial charge >= 0.3 is 0 Å². The van der Waals surface area contributed by atoms with Gasteiger partial charge in [0.2, 0.25) is 11.6 Å². The van der Waals surface area contributed by atoms with Crippen LogP contribution in [0, 0.1) is 6.92 Å². The molecule has 2 heterocycles. The van der Waals surface area contributed by atoms with Crippen LogP contribution in [0.4, 0.5) is 0 Å². The van der Waals surface area contributed by atoms with E-state index in [0.717, 1.165) is 33.1 Å². The summed E-state index contributed by atoms with van der Waals surface area (Å²) in [5, 5.41) is 6.78. The quantitative estimate of drug-likeness (QED) is 0.655. The molecule has 132 valence electrons. The van der Waals surface area contributed by atoms with Crippen LogP contribution in [0.25, 0.3) is 11.3 Å². The summed E-state index contributed by atoms with van der Waals surface area (Å²) in [5.74, 6) is 1.52. The average molecular weight is 365 g/mol. The van der Waals surface area contributed by atoms with Crippen molar-refractivity contribution in [2.24, 2.45) is 10.1 Å². The molecule has 6 heteroatoms. The molecule has 5 nitrogen and oxygen atoms in total. The SMILES string of the molecule is CCN=c1scc(-c2ccc(C)cc2)n1/N=C/c1ccc2c(c1)OCO2.